The van der Waals surface area contributed by atoms with E-state index in [1.807, 2.05) is 32.0 Å². The predicted molar refractivity (Wildman–Crippen MR) is 62.2 cm³/mol. The summed E-state index contributed by atoms with van der Waals surface area (Å²) in [7, 11) is 0. The number of aryl methyl sites for hydroxylation is 2. The zero-order valence-electron chi connectivity index (χ0n) is 9.51. The molecule has 6 nitrogen and oxygen atoms in total. The monoisotopic (exact) mass is 232 g/mol. The number of nitrogens with two attached hydrogens (primary N) is 1. The topological polar surface area (TPSA) is 94.0 Å². The van der Waals surface area contributed by atoms with E-state index in [0.29, 0.717) is 0 Å². The highest BCUT2D eigenvalue weighted by atomic mass is 16.4. The van der Waals surface area contributed by atoms with Crippen molar-refractivity contribution in [2.75, 3.05) is 5.73 Å². The first-order chi connectivity index (χ1) is 8.00. The number of hydrogen-bond donors (Lipinski definition) is 2. The van der Waals surface area contributed by atoms with Crippen LogP contribution in [0.5, 0.6) is 0 Å². The number of nitrogen functional groups attached to an aromatic ring is 1. The molecule has 1 aromatic heterocycles. The fourth-order valence-electron chi connectivity index (χ4n) is 1.57. The van der Waals surface area contributed by atoms with Gasteiger partial charge in [-0.05, 0) is 31.0 Å². The zero-order chi connectivity index (χ0) is 12.6. The second-order valence-electron chi connectivity index (χ2n) is 3.83. The summed E-state index contributed by atoms with van der Waals surface area (Å²) in [6, 6.07) is 5.77. The summed E-state index contributed by atoms with van der Waals surface area (Å²) in [6.45, 7) is 3.84. The minimum absolute atomic E-state index is 0.0335. The fourth-order valence-corrected chi connectivity index (χ4v) is 1.57. The highest BCUT2D eigenvalue weighted by Gasteiger charge is 2.17. The van der Waals surface area contributed by atoms with E-state index in [2.05, 4.69) is 10.3 Å². The van der Waals surface area contributed by atoms with Crippen molar-refractivity contribution in [3.8, 4) is 5.69 Å². The van der Waals surface area contributed by atoms with Gasteiger partial charge in [0.15, 0.2) is 5.82 Å². The van der Waals surface area contributed by atoms with Crippen molar-refractivity contribution < 1.29 is 9.90 Å². The van der Waals surface area contributed by atoms with Gasteiger partial charge < -0.3 is 10.8 Å². The van der Waals surface area contributed by atoms with E-state index in [0.717, 1.165) is 16.8 Å². The van der Waals surface area contributed by atoms with Crippen molar-refractivity contribution in [2.45, 2.75) is 13.8 Å². The molecule has 6 heteroatoms. The summed E-state index contributed by atoms with van der Waals surface area (Å²) < 4.78 is 1.34. The van der Waals surface area contributed by atoms with Crippen molar-refractivity contribution in [1.29, 1.82) is 0 Å². The van der Waals surface area contributed by atoms with Gasteiger partial charge in [0.05, 0.1) is 5.69 Å². The number of carboxylic acids is 1. The second kappa shape index (κ2) is 3.89. The Balaban J connectivity index is 2.61. The number of hydrogen-bond acceptors (Lipinski definition) is 4. The SMILES string of the molecule is Cc1ccc(C)c(-n2nnc(C(=O)O)c2N)c1. The summed E-state index contributed by atoms with van der Waals surface area (Å²) in [4.78, 5) is 10.8. The van der Waals surface area contributed by atoms with E-state index in [-0.39, 0.29) is 11.5 Å². The van der Waals surface area contributed by atoms with E-state index in [1.165, 1.54) is 4.68 Å². The number of anilines is 1. The smallest absolute Gasteiger partial charge is 0.360 e. The van der Waals surface area contributed by atoms with Crippen LogP contribution in [0.2, 0.25) is 0 Å². The molecule has 0 fully saturated rings. The van der Waals surface area contributed by atoms with Gasteiger partial charge in [0.25, 0.3) is 0 Å². The van der Waals surface area contributed by atoms with Crippen molar-refractivity contribution >= 4 is 11.8 Å². The molecule has 0 bridgehead atoms. The molecule has 0 atom stereocenters. The first-order valence-electron chi connectivity index (χ1n) is 5.03. The summed E-state index contributed by atoms with van der Waals surface area (Å²) in [5.41, 5.74) is 8.21. The van der Waals surface area contributed by atoms with Gasteiger partial charge in [0.1, 0.15) is 0 Å². The Labute approximate surface area is 97.7 Å². The number of aromatic nitrogens is 3. The van der Waals surface area contributed by atoms with Gasteiger partial charge in [0.2, 0.25) is 5.69 Å². The van der Waals surface area contributed by atoms with Crippen LogP contribution < -0.4 is 5.73 Å². The van der Waals surface area contributed by atoms with Crippen LogP contribution in [0.4, 0.5) is 5.82 Å². The van der Waals surface area contributed by atoms with Gasteiger partial charge in [-0.2, -0.15) is 4.68 Å². The molecule has 1 heterocycles. The number of carboxylic acid groups (broad SMARTS) is 1. The van der Waals surface area contributed by atoms with Gasteiger partial charge in [-0.3, -0.25) is 0 Å². The quantitative estimate of drug-likeness (QED) is 0.810. The molecule has 88 valence electrons. The first-order valence-corrected chi connectivity index (χ1v) is 5.03. The molecule has 0 radical (unpaired) electrons. The molecule has 0 aliphatic carbocycles. The molecule has 0 spiro atoms. The lowest BCUT2D eigenvalue weighted by Crippen LogP contribution is -2.07. The Bertz CT molecular complexity index is 589. The molecule has 0 saturated carbocycles. The van der Waals surface area contributed by atoms with E-state index in [9.17, 15) is 4.79 Å². The van der Waals surface area contributed by atoms with Crippen LogP contribution in [0.3, 0.4) is 0 Å². The van der Waals surface area contributed by atoms with Gasteiger partial charge in [0, 0.05) is 0 Å². The van der Waals surface area contributed by atoms with Crippen molar-refractivity contribution in [3.63, 3.8) is 0 Å². The molecule has 0 aliphatic rings. The third kappa shape index (κ3) is 1.84. The lowest BCUT2D eigenvalue weighted by Gasteiger charge is -2.07. The number of rotatable bonds is 2. The number of carbonyl (C=O) groups is 1. The van der Waals surface area contributed by atoms with Gasteiger partial charge in [-0.15, -0.1) is 5.10 Å². The van der Waals surface area contributed by atoms with Crippen LogP contribution in [0.25, 0.3) is 5.69 Å². The van der Waals surface area contributed by atoms with Gasteiger partial charge in [-0.1, -0.05) is 17.3 Å². The Hall–Kier alpha value is -2.37. The summed E-state index contributed by atoms with van der Waals surface area (Å²) in [5.74, 6) is -1.15. The molecule has 0 unspecified atom stereocenters. The molecule has 2 rings (SSSR count). The summed E-state index contributed by atoms with van der Waals surface area (Å²) >= 11 is 0. The van der Waals surface area contributed by atoms with Gasteiger partial charge >= 0.3 is 5.97 Å². The van der Waals surface area contributed by atoms with E-state index in [1.54, 1.807) is 0 Å². The van der Waals surface area contributed by atoms with Crippen molar-refractivity contribution in [2.24, 2.45) is 0 Å². The first kappa shape index (κ1) is 11.1. The normalized spacial score (nSPS) is 10.5. The van der Waals surface area contributed by atoms with Crippen molar-refractivity contribution in [1.82, 2.24) is 15.0 Å². The van der Waals surface area contributed by atoms with Crippen molar-refractivity contribution in [3.05, 3.63) is 35.0 Å². The maximum absolute atomic E-state index is 10.8. The van der Waals surface area contributed by atoms with E-state index in [4.69, 9.17) is 10.8 Å². The maximum Gasteiger partial charge on any atom is 0.360 e. The molecular weight excluding hydrogens is 220 g/mol. The fraction of sp³-hybridized carbons (Fsp3) is 0.182. The molecule has 1 aromatic carbocycles. The zero-order valence-corrected chi connectivity index (χ0v) is 9.51. The average molecular weight is 232 g/mol. The molecule has 3 N–H and O–H groups in total. The largest absolute Gasteiger partial charge is 0.476 e. The Morgan fingerprint density at radius 2 is 2.12 bits per heavy atom. The van der Waals surface area contributed by atoms with Gasteiger partial charge in [-0.25, -0.2) is 4.79 Å². The van der Waals surface area contributed by atoms with Crippen LogP contribution >= 0.6 is 0 Å². The Morgan fingerprint density at radius 1 is 1.41 bits per heavy atom. The summed E-state index contributed by atoms with van der Waals surface area (Å²) in [6.07, 6.45) is 0. The lowest BCUT2D eigenvalue weighted by molar-refractivity contribution is 0.0691. The average Bonchev–Trinajstić information content (AvgIpc) is 2.64. The highest BCUT2D eigenvalue weighted by molar-refractivity contribution is 5.90. The molecule has 0 amide bonds. The maximum atomic E-state index is 10.8. The van der Waals surface area contributed by atoms with E-state index >= 15 is 0 Å². The van der Waals surface area contributed by atoms with Crippen LogP contribution in [-0.2, 0) is 0 Å². The minimum atomic E-state index is -1.18. The number of aromatic carboxylic acids is 1. The summed E-state index contributed by atoms with van der Waals surface area (Å²) in [5, 5.41) is 16.2. The lowest BCUT2D eigenvalue weighted by atomic mass is 10.1. The molecule has 0 saturated heterocycles. The standard InChI is InChI=1S/C11H12N4O2/c1-6-3-4-7(2)8(5-6)15-10(12)9(11(16)17)13-14-15/h3-5H,12H2,1-2H3,(H,16,17). The van der Waals surface area contributed by atoms with Crippen LogP contribution in [0.15, 0.2) is 18.2 Å². The predicted octanol–water partition coefficient (Wildman–Crippen LogP) is 1.16. The Kier molecular flexibility index (Phi) is 2.55. The number of nitrogens with zero attached hydrogens (tertiary/aromatic N) is 3. The van der Waals surface area contributed by atoms with Crippen LogP contribution in [0, 0.1) is 13.8 Å². The Morgan fingerprint density at radius 3 is 2.71 bits per heavy atom. The molecule has 17 heavy (non-hydrogen) atoms. The molecular formula is C11H12N4O2. The third-order valence-electron chi connectivity index (χ3n) is 2.50. The second-order valence-corrected chi connectivity index (χ2v) is 3.83. The minimum Gasteiger partial charge on any atom is -0.476 e. The molecule has 2 aromatic rings. The third-order valence-corrected chi connectivity index (χ3v) is 2.50. The van der Waals surface area contributed by atoms with E-state index < -0.39 is 5.97 Å². The van der Waals surface area contributed by atoms with Crippen LogP contribution in [-0.4, -0.2) is 26.1 Å². The van der Waals surface area contributed by atoms with Crippen LogP contribution in [0.1, 0.15) is 21.6 Å². The highest BCUT2D eigenvalue weighted by Crippen LogP contribution is 2.19. The molecule has 0 aliphatic heterocycles. The number of benzene rings is 1.